The number of aromatic nitrogens is 1. The van der Waals surface area contributed by atoms with Crippen LogP contribution in [0.3, 0.4) is 0 Å². The molecule has 0 amide bonds. The number of methoxy groups -OCH3 is 3. The third kappa shape index (κ3) is 4.52. The zero-order valence-corrected chi connectivity index (χ0v) is 18.2. The average molecular weight is 435 g/mol. The SMILES string of the molecule is COc1ccc(S(=O)(=O)N(C)Cc2csc(-c3ccc(OC)c(OC)c3)n2)cc1. The van der Waals surface area contributed by atoms with Crippen molar-refractivity contribution in [3.05, 3.63) is 53.5 Å². The fourth-order valence-corrected chi connectivity index (χ4v) is 4.67. The highest BCUT2D eigenvalue weighted by Crippen LogP contribution is 2.33. The van der Waals surface area contributed by atoms with E-state index in [1.807, 2.05) is 23.6 Å². The molecule has 0 saturated carbocycles. The van der Waals surface area contributed by atoms with Gasteiger partial charge in [-0.15, -0.1) is 11.3 Å². The highest BCUT2D eigenvalue weighted by Gasteiger charge is 2.22. The molecule has 0 bridgehead atoms. The van der Waals surface area contributed by atoms with Gasteiger partial charge in [0.1, 0.15) is 10.8 Å². The summed E-state index contributed by atoms with van der Waals surface area (Å²) in [5.74, 6) is 1.85. The van der Waals surface area contributed by atoms with Crippen LogP contribution in [0.1, 0.15) is 5.69 Å². The van der Waals surface area contributed by atoms with E-state index >= 15 is 0 Å². The Labute approximate surface area is 174 Å². The second kappa shape index (κ2) is 8.81. The molecule has 0 spiro atoms. The maximum absolute atomic E-state index is 12.8. The third-order valence-electron chi connectivity index (χ3n) is 4.33. The van der Waals surface area contributed by atoms with Crippen LogP contribution in [0, 0.1) is 0 Å². The van der Waals surface area contributed by atoms with E-state index in [4.69, 9.17) is 14.2 Å². The summed E-state index contributed by atoms with van der Waals surface area (Å²) in [6.45, 7) is 0.165. The molecule has 1 aromatic heterocycles. The second-order valence-electron chi connectivity index (χ2n) is 6.15. The van der Waals surface area contributed by atoms with Crippen molar-refractivity contribution in [2.45, 2.75) is 11.4 Å². The number of sulfonamides is 1. The molecule has 154 valence electrons. The summed E-state index contributed by atoms with van der Waals surface area (Å²) in [5, 5.41) is 2.63. The van der Waals surface area contributed by atoms with E-state index in [-0.39, 0.29) is 11.4 Å². The maximum Gasteiger partial charge on any atom is 0.243 e. The molecule has 9 heteroatoms. The number of ether oxygens (including phenoxy) is 3. The predicted octanol–water partition coefficient (Wildman–Crippen LogP) is 3.66. The number of nitrogens with zero attached hydrogens (tertiary/aromatic N) is 2. The highest BCUT2D eigenvalue weighted by molar-refractivity contribution is 7.89. The van der Waals surface area contributed by atoms with E-state index in [9.17, 15) is 8.42 Å². The van der Waals surface area contributed by atoms with Gasteiger partial charge in [-0.1, -0.05) is 0 Å². The summed E-state index contributed by atoms with van der Waals surface area (Å²) >= 11 is 1.44. The zero-order valence-electron chi connectivity index (χ0n) is 16.6. The van der Waals surface area contributed by atoms with Crippen LogP contribution in [-0.4, -0.2) is 46.1 Å². The highest BCUT2D eigenvalue weighted by atomic mass is 32.2. The monoisotopic (exact) mass is 434 g/mol. The smallest absolute Gasteiger partial charge is 0.243 e. The van der Waals surface area contributed by atoms with Crippen molar-refractivity contribution in [1.29, 1.82) is 0 Å². The Morgan fingerprint density at radius 2 is 1.66 bits per heavy atom. The predicted molar refractivity (Wildman–Crippen MR) is 112 cm³/mol. The van der Waals surface area contributed by atoms with Crippen molar-refractivity contribution in [1.82, 2.24) is 9.29 Å². The van der Waals surface area contributed by atoms with E-state index in [1.54, 1.807) is 26.4 Å². The summed E-state index contributed by atoms with van der Waals surface area (Å²) in [6.07, 6.45) is 0. The first-order valence-electron chi connectivity index (χ1n) is 8.66. The van der Waals surface area contributed by atoms with Crippen LogP contribution < -0.4 is 14.2 Å². The molecule has 0 fully saturated rings. The van der Waals surface area contributed by atoms with Crippen LogP contribution in [0.5, 0.6) is 17.2 Å². The van der Waals surface area contributed by atoms with Crippen molar-refractivity contribution < 1.29 is 22.6 Å². The summed E-state index contributed by atoms with van der Waals surface area (Å²) in [6, 6.07) is 11.9. The van der Waals surface area contributed by atoms with Crippen LogP contribution in [0.2, 0.25) is 0 Å². The normalized spacial score (nSPS) is 11.5. The van der Waals surface area contributed by atoms with Gasteiger partial charge in [-0.3, -0.25) is 0 Å². The van der Waals surface area contributed by atoms with Gasteiger partial charge in [-0.2, -0.15) is 4.31 Å². The van der Waals surface area contributed by atoms with Gasteiger partial charge in [0.15, 0.2) is 11.5 Å². The minimum Gasteiger partial charge on any atom is -0.497 e. The molecule has 1 heterocycles. The molecule has 0 aliphatic carbocycles. The first-order valence-corrected chi connectivity index (χ1v) is 11.0. The van der Waals surface area contributed by atoms with Crippen molar-refractivity contribution in [2.75, 3.05) is 28.4 Å². The van der Waals surface area contributed by atoms with Crippen LogP contribution in [-0.2, 0) is 16.6 Å². The first-order chi connectivity index (χ1) is 13.9. The largest absolute Gasteiger partial charge is 0.497 e. The molecule has 2 aromatic carbocycles. The molecular weight excluding hydrogens is 412 g/mol. The number of thiazole rings is 1. The van der Waals surface area contributed by atoms with Gasteiger partial charge in [-0.25, -0.2) is 13.4 Å². The lowest BCUT2D eigenvalue weighted by Crippen LogP contribution is -2.26. The Morgan fingerprint density at radius 1 is 0.966 bits per heavy atom. The van der Waals surface area contributed by atoms with Crippen LogP contribution >= 0.6 is 11.3 Å². The zero-order chi connectivity index (χ0) is 21.0. The minimum absolute atomic E-state index is 0.165. The van der Waals surface area contributed by atoms with E-state index in [2.05, 4.69) is 4.98 Å². The number of hydrogen-bond acceptors (Lipinski definition) is 7. The molecule has 7 nitrogen and oxygen atoms in total. The van der Waals surface area contributed by atoms with Gasteiger partial charge >= 0.3 is 0 Å². The summed E-state index contributed by atoms with van der Waals surface area (Å²) in [7, 11) is 2.60. The summed E-state index contributed by atoms with van der Waals surface area (Å²) in [4.78, 5) is 4.79. The van der Waals surface area contributed by atoms with Crippen LogP contribution in [0.4, 0.5) is 0 Å². The molecule has 0 N–H and O–H groups in total. The third-order valence-corrected chi connectivity index (χ3v) is 7.09. The average Bonchev–Trinajstić information content (AvgIpc) is 3.21. The number of rotatable bonds is 8. The molecule has 0 saturated heterocycles. The minimum atomic E-state index is -3.63. The molecular formula is C20H22N2O5S2. The lowest BCUT2D eigenvalue weighted by molar-refractivity contribution is 0.355. The molecule has 0 unspecified atom stereocenters. The number of hydrogen-bond donors (Lipinski definition) is 0. The Hall–Kier alpha value is -2.62. The van der Waals surface area contributed by atoms with Crippen LogP contribution in [0.15, 0.2) is 52.7 Å². The standard InChI is InChI=1S/C20H22N2O5S2/c1-22(29(23,24)17-8-6-16(25-2)7-9-17)12-15-13-28-20(21-15)14-5-10-18(26-3)19(11-14)27-4/h5-11,13H,12H2,1-4H3. The molecule has 0 aliphatic heterocycles. The van der Waals surface area contributed by atoms with Crippen molar-refractivity contribution in [3.8, 4) is 27.8 Å². The molecule has 29 heavy (non-hydrogen) atoms. The van der Waals surface area contributed by atoms with Gasteiger partial charge in [0, 0.05) is 18.0 Å². The van der Waals surface area contributed by atoms with Crippen molar-refractivity contribution in [3.63, 3.8) is 0 Å². The molecule has 0 radical (unpaired) electrons. The quantitative estimate of drug-likeness (QED) is 0.538. The fourth-order valence-electron chi connectivity index (χ4n) is 2.72. The second-order valence-corrected chi connectivity index (χ2v) is 9.05. The van der Waals surface area contributed by atoms with Crippen molar-refractivity contribution >= 4 is 21.4 Å². The molecule has 3 aromatic rings. The Balaban J connectivity index is 1.78. The first kappa shape index (κ1) is 21.1. The van der Waals surface area contributed by atoms with E-state index < -0.39 is 10.0 Å². The fraction of sp³-hybridized carbons (Fsp3) is 0.250. The lowest BCUT2D eigenvalue weighted by Gasteiger charge is -2.16. The topological polar surface area (TPSA) is 78.0 Å². The maximum atomic E-state index is 12.8. The van der Waals surface area contributed by atoms with E-state index in [0.717, 1.165) is 10.6 Å². The lowest BCUT2D eigenvalue weighted by atomic mass is 10.2. The van der Waals surface area contributed by atoms with Gasteiger partial charge < -0.3 is 14.2 Å². The van der Waals surface area contributed by atoms with Crippen molar-refractivity contribution in [2.24, 2.45) is 0 Å². The Morgan fingerprint density at radius 3 is 2.28 bits per heavy atom. The van der Waals surface area contributed by atoms with Gasteiger partial charge in [0.2, 0.25) is 10.0 Å². The van der Waals surface area contributed by atoms with Gasteiger partial charge in [-0.05, 0) is 42.5 Å². The molecule has 0 atom stereocenters. The molecule has 0 aliphatic rings. The molecule has 3 rings (SSSR count). The number of benzene rings is 2. The van der Waals surface area contributed by atoms with E-state index in [0.29, 0.717) is 22.9 Å². The van der Waals surface area contributed by atoms with Crippen LogP contribution in [0.25, 0.3) is 10.6 Å². The van der Waals surface area contributed by atoms with Gasteiger partial charge in [0.05, 0.1) is 38.5 Å². The summed E-state index contributed by atoms with van der Waals surface area (Å²) in [5.41, 5.74) is 1.54. The van der Waals surface area contributed by atoms with E-state index in [1.165, 1.54) is 41.9 Å². The Kier molecular flexibility index (Phi) is 6.41. The summed E-state index contributed by atoms with van der Waals surface area (Å²) < 4.78 is 42.5. The van der Waals surface area contributed by atoms with Gasteiger partial charge in [0.25, 0.3) is 0 Å². The Bertz CT molecular complexity index is 1080.